The molecule has 43 heavy (non-hydrogen) atoms. The highest BCUT2D eigenvalue weighted by Gasteiger charge is 2.30. The molecule has 0 aliphatic carbocycles. The summed E-state index contributed by atoms with van der Waals surface area (Å²) in [4.78, 5) is 54.1. The van der Waals surface area contributed by atoms with Crippen molar-refractivity contribution in [2.75, 3.05) is 10.6 Å². The van der Waals surface area contributed by atoms with E-state index in [-0.39, 0.29) is 24.0 Å². The number of nitrogens with one attached hydrogen (secondary N) is 2. The summed E-state index contributed by atoms with van der Waals surface area (Å²) in [6, 6.07) is 21.0. The topological polar surface area (TPSA) is 143 Å². The molecule has 2 heterocycles. The molecular formula is C33H31N5O5. The van der Waals surface area contributed by atoms with Crippen molar-refractivity contribution in [1.29, 1.82) is 0 Å². The molecule has 1 aliphatic heterocycles. The first-order chi connectivity index (χ1) is 20.7. The predicted octanol–water partition coefficient (Wildman–Crippen LogP) is 5.54. The number of hydrogen-bond acceptors (Lipinski definition) is 6. The summed E-state index contributed by atoms with van der Waals surface area (Å²) in [5.41, 5.74) is 5.43. The molecule has 218 valence electrons. The molecule has 0 saturated carbocycles. The van der Waals surface area contributed by atoms with Gasteiger partial charge in [-0.2, -0.15) is 5.10 Å². The Morgan fingerprint density at radius 2 is 1.81 bits per heavy atom. The second kappa shape index (κ2) is 12.6. The average molecular weight is 578 g/mol. The van der Waals surface area contributed by atoms with E-state index in [4.69, 9.17) is 5.11 Å². The summed E-state index contributed by atoms with van der Waals surface area (Å²) in [5, 5.41) is 18.8. The first-order valence-electron chi connectivity index (χ1n) is 14.0. The maximum Gasteiger partial charge on any atom is 0.303 e. The van der Waals surface area contributed by atoms with Crippen LogP contribution in [0.25, 0.3) is 0 Å². The molecule has 1 aromatic heterocycles. The molecule has 0 bridgehead atoms. The summed E-state index contributed by atoms with van der Waals surface area (Å²) in [6.07, 6.45) is 2.94. The number of carbonyl (C=O) groups is 4. The molecule has 4 aromatic rings. The van der Waals surface area contributed by atoms with E-state index in [0.717, 1.165) is 16.8 Å². The quantitative estimate of drug-likeness (QED) is 0.158. The largest absolute Gasteiger partial charge is 0.481 e. The van der Waals surface area contributed by atoms with Crippen LogP contribution in [0, 0.1) is 6.92 Å². The van der Waals surface area contributed by atoms with Crippen molar-refractivity contribution in [2.24, 2.45) is 4.99 Å². The molecular weight excluding hydrogens is 546 g/mol. The summed E-state index contributed by atoms with van der Waals surface area (Å²) < 4.78 is 1.62. The van der Waals surface area contributed by atoms with Crippen LogP contribution in [-0.2, 0) is 22.6 Å². The summed E-state index contributed by atoms with van der Waals surface area (Å²) in [6.45, 7) is 4.29. The number of aliphatic imine (C=N–C) groups is 1. The van der Waals surface area contributed by atoms with Crippen molar-refractivity contribution in [3.63, 3.8) is 0 Å². The smallest absolute Gasteiger partial charge is 0.303 e. The molecule has 10 heteroatoms. The summed E-state index contributed by atoms with van der Waals surface area (Å²) >= 11 is 0. The zero-order chi connectivity index (χ0) is 30.5. The first-order valence-corrected chi connectivity index (χ1v) is 14.0. The maximum atomic E-state index is 13.4. The molecule has 1 atom stereocenters. The van der Waals surface area contributed by atoms with Gasteiger partial charge in [0.2, 0.25) is 5.91 Å². The third-order valence-electron chi connectivity index (χ3n) is 7.17. The van der Waals surface area contributed by atoms with Gasteiger partial charge in [-0.25, -0.2) is 0 Å². The van der Waals surface area contributed by atoms with Gasteiger partial charge in [0, 0.05) is 41.7 Å². The number of fused-ring (bicyclic) bond motifs is 1. The molecule has 0 spiro atoms. The number of hydrogen-bond donors (Lipinski definition) is 3. The molecule has 1 aliphatic rings. The van der Waals surface area contributed by atoms with E-state index in [1.165, 1.54) is 0 Å². The van der Waals surface area contributed by atoms with Gasteiger partial charge < -0.3 is 15.7 Å². The van der Waals surface area contributed by atoms with E-state index in [9.17, 15) is 19.2 Å². The van der Waals surface area contributed by atoms with Crippen molar-refractivity contribution < 1.29 is 24.3 Å². The fourth-order valence-corrected chi connectivity index (χ4v) is 5.00. The van der Waals surface area contributed by atoms with E-state index >= 15 is 0 Å². The van der Waals surface area contributed by atoms with Crippen molar-refractivity contribution in [3.05, 3.63) is 106 Å². The van der Waals surface area contributed by atoms with Gasteiger partial charge in [0.05, 0.1) is 11.4 Å². The molecule has 0 fully saturated rings. The van der Waals surface area contributed by atoms with Gasteiger partial charge in [0.25, 0.3) is 5.91 Å². The minimum atomic E-state index is -0.810. The Hall–Kier alpha value is -5.38. The van der Waals surface area contributed by atoms with Crippen molar-refractivity contribution >= 4 is 46.8 Å². The molecule has 3 N–H and O–H groups in total. The van der Waals surface area contributed by atoms with Gasteiger partial charge in [0.15, 0.2) is 5.78 Å². The lowest BCUT2D eigenvalue weighted by Crippen LogP contribution is -2.17. The SMILES string of the molecule is CCn1nc(C)cc1C(=O)Nc1cccc(C(=O)c2ccc3c(c2)NC(=O)C3C=Nc2ccc(CCCC(=O)O)cc2)c1. The van der Waals surface area contributed by atoms with E-state index in [2.05, 4.69) is 20.7 Å². The van der Waals surface area contributed by atoms with Crippen molar-refractivity contribution in [1.82, 2.24) is 9.78 Å². The molecule has 1 unspecified atom stereocenters. The number of aliphatic carboxylic acids is 1. The van der Waals surface area contributed by atoms with Crippen LogP contribution in [-0.4, -0.2) is 44.7 Å². The Kier molecular flexibility index (Phi) is 8.56. The van der Waals surface area contributed by atoms with E-state index in [1.807, 2.05) is 38.1 Å². The number of benzene rings is 3. The summed E-state index contributed by atoms with van der Waals surface area (Å²) in [7, 11) is 0. The molecule has 2 amide bonds. The van der Waals surface area contributed by atoms with Gasteiger partial charge in [-0.1, -0.05) is 36.4 Å². The normalized spacial score (nSPS) is 14.0. The van der Waals surface area contributed by atoms with Gasteiger partial charge in [-0.3, -0.25) is 28.9 Å². The number of carboxylic acids is 1. The highest BCUT2D eigenvalue weighted by Crippen LogP contribution is 2.33. The number of aryl methyl sites for hydroxylation is 3. The van der Waals surface area contributed by atoms with E-state index < -0.39 is 11.9 Å². The molecule has 3 aromatic carbocycles. The Balaban J connectivity index is 1.27. The van der Waals surface area contributed by atoms with Crippen LogP contribution in [0.15, 0.2) is 77.8 Å². The molecule has 0 saturated heterocycles. The highest BCUT2D eigenvalue weighted by molar-refractivity contribution is 6.15. The average Bonchev–Trinajstić information content (AvgIpc) is 3.54. The monoisotopic (exact) mass is 577 g/mol. The molecule has 5 rings (SSSR count). The fourth-order valence-electron chi connectivity index (χ4n) is 5.00. The number of carboxylic acid groups (broad SMARTS) is 1. The third-order valence-corrected chi connectivity index (χ3v) is 7.17. The zero-order valence-corrected chi connectivity index (χ0v) is 23.8. The number of carbonyl (C=O) groups excluding carboxylic acids is 3. The van der Waals surface area contributed by atoms with Crippen LogP contribution in [0.2, 0.25) is 0 Å². The second-order valence-electron chi connectivity index (χ2n) is 10.3. The van der Waals surface area contributed by atoms with Crippen LogP contribution in [0.3, 0.4) is 0 Å². The lowest BCUT2D eigenvalue weighted by atomic mass is 9.97. The number of rotatable bonds is 11. The number of nitrogens with zero attached hydrogens (tertiary/aromatic N) is 3. The molecule has 0 radical (unpaired) electrons. The fraction of sp³-hybridized carbons (Fsp3) is 0.212. The number of anilines is 2. The van der Waals surface area contributed by atoms with Crippen LogP contribution < -0.4 is 10.6 Å². The van der Waals surface area contributed by atoms with Gasteiger partial charge in [-0.05, 0) is 74.2 Å². The maximum absolute atomic E-state index is 13.4. The highest BCUT2D eigenvalue weighted by atomic mass is 16.4. The van der Waals surface area contributed by atoms with E-state index in [1.54, 1.807) is 59.4 Å². The second-order valence-corrected chi connectivity index (χ2v) is 10.3. The van der Waals surface area contributed by atoms with E-state index in [0.29, 0.717) is 53.3 Å². The van der Waals surface area contributed by atoms with Crippen LogP contribution in [0.5, 0.6) is 0 Å². The number of aromatic nitrogens is 2. The lowest BCUT2D eigenvalue weighted by Gasteiger charge is -2.09. The third kappa shape index (κ3) is 6.75. The zero-order valence-electron chi connectivity index (χ0n) is 23.8. The van der Waals surface area contributed by atoms with Gasteiger partial charge in [0.1, 0.15) is 11.6 Å². The Bertz CT molecular complexity index is 1740. The predicted molar refractivity (Wildman–Crippen MR) is 163 cm³/mol. The summed E-state index contributed by atoms with van der Waals surface area (Å²) in [5.74, 6) is -2.21. The lowest BCUT2D eigenvalue weighted by molar-refractivity contribution is -0.137. The number of ketones is 1. The Morgan fingerprint density at radius 1 is 1.05 bits per heavy atom. The van der Waals surface area contributed by atoms with Gasteiger partial charge in [-0.15, -0.1) is 0 Å². The molecule has 10 nitrogen and oxygen atoms in total. The van der Waals surface area contributed by atoms with Crippen LogP contribution in [0.1, 0.15) is 68.9 Å². The minimum Gasteiger partial charge on any atom is -0.481 e. The van der Waals surface area contributed by atoms with Crippen molar-refractivity contribution in [3.8, 4) is 0 Å². The van der Waals surface area contributed by atoms with Gasteiger partial charge >= 0.3 is 5.97 Å². The first kappa shape index (κ1) is 29.1. The standard InChI is InChI=1S/C33H31N5O5/c1-3-38-29(16-20(2)37-38)33(43)35-25-8-5-7-22(17-25)31(41)23-12-15-26-27(32(42)36-28(26)18-23)19-34-24-13-10-21(11-14-24)6-4-9-30(39)40/h5,7-8,10-19,27H,3-4,6,9H2,1-2H3,(H,35,43)(H,36,42)(H,39,40). The van der Waals surface area contributed by atoms with Crippen LogP contribution in [0.4, 0.5) is 17.1 Å². The Morgan fingerprint density at radius 3 is 2.56 bits per heavy atom. The van der Waals surface area contributed by atoms with Crippen molar-refractivity contribution in [2.45, 2.75) is 45.6 Å². The number of amides is 2. The van der Waals surface area contributed by atoms with Crippen LogP contribution >= 0.6 is 0 Å². The Labute approximate surface area is 248 Å². The minimum absolute atomic E-state index is 0.126.